The predicted octanol–water partition coefficient (Wildman–Crippen LogP) is 2.82. The summed E-state index contributed by atoms with van der Waals surface area (Å²) < 4.78 is 25.6. The smallest absolute Gasteiger partial charge is 0.179 e. The van der Waals surface area contributed by atoms with Gasteiger partial charge in [0.05, 0.1) is 10.6 Å². The fraction of sp³-hybridized carbons (Fsp3) is 0.667. The highest BCUT2D eigenvalue weighted by Gasteiger charge is 2.26. The average Bonchev–Trinajstić information content (AvgIpc) is 2.53. The quantitative estimate of drug-likeness (QED) is 0.657. The van der Waals surface area contributed by atoms with Gasteiger partial charge in [-0.05, 0) is 45.2 Å². The number of likely N-dealkylation sites (N-methyl/N-ethyl adjacent to an activating group) is 2. The van der Waals surface area contributed by atoms with Crippen LogP contribution in [0.1, 0.15) is 33.3 Å². The molecule has 1 aromatic rings. The Balaban J connectivity index is 3.00. The second-order valence-electron chi connectivity index (χ2n) is 5.96. The van der Waals surface area contributed by atoms with Crippen molar-refractivity contribution < 1.29 is 8.42 Å². The summed E-state index contributed by atoms with van der Waals surface area (Å²) in [6.45, 7) is 14.8. The van der Waals surface area contributed by atoms with E-state index in [0.29, 0.717) is 4.90 Å². The molecule has 0 heterocycles. The van der Waals surface area contributed by atoms with Gasteiger partial charge in [-0.15, -0.1) is 0 Å². The van der Waals surface area contributed by atoms with E-state index >= 15 is 0 Å². The Hall–Kier alpha value is -0.910. The largest absolute Gasteiger partial charge is 0.302 e. The van der Waals surface area contributed by atoms with Gasteiger partial charge in [0.1, 0.15) is 0 Å². The van der Waals surface area contributed by atoms with Crippen LogP contribution >= 0.6 is 0 Å². The highest BCUT2D eigenvalue weighted by molar-refractivity contribution is 7.91. The standard InChI is InChI=1S/C18H32N2O2S/c1-6-19(7-2)14-17(20(8-3)9-4)15-23(21,22)18-12-10-16(5)11-13-18/h10-13,17H,6-9,14-15H2,1-5H3. The normalized spacial score (nSPS) is 13.7. The van der Waals surface area contributed by atoms with Crippen molar-refractivity contribution in [3.63, 3.8) is 0 Å². The lowest BCUT2D eigenvalue weighted by molar-refractivity contribution is 0.168. The number of rotatable bonds is 10. The van der Waals surface area contributed by atoms with E-state index in [1.165, 1.54) is 0 Å². The molecule has 0 N–H and O–H groups in total. The van der Waals surface area contributed by atoms with Gasteiger partial charge in [-0.2, -0.15) is 0 Å². The van der Waals surface area contributed by atoms with Crippen LogP contribution in [0.15, 0.2) is 29.2 Å². The number of hydrogen-bond acceptors (Lipinski definition) is 4. The average molecular weight is 341 g/mol. The van der Waals surface area contributed by atoms with Crippen molar-refractivity contribution in [1.29, 1.82) is 0 Å². The summed E-state index contributed by atoms with van der Waals surface area (Å²) in [6, 6.07) is 7.20. The Morgan fingerprint density at radius 3 is 1.87 bits per heavy atom. The lowest BCUT2D eigenvalue weighted by atomic mass is 10.2. The zero-order chi connectivity index (χ0) is 17.5. The fourth-order valence-corrected chi connectivity index (χ4v) is 4.45. The lowest BCUT2D eigenvalue weighted by Gasteiger charge is -2.33. The van der Waals surface area contributed by atoms with Gasteiger partial charge in [0.25, 0.3) is 0 Å². The van der Waals surface area contributed by atoms with Crippen molar-refractivity contribution >= 4 is 9.84 Å². The summed E-state index contributed by atoms with van der Waals surface area (Å²) in [5.74, 6) is 0.175. The molecule has 1 aromatic carbocycles. The molecule has 132 valence electrons. The summed E-state index contributed by atoms with van der Waals surface area (Å²) in [5.41, 5.74) is 1.08. The molecule has 23 heavy (non-hydrogen) atoms. The van der Waals surface area contributed by atoms with Crippen molar-refractivity contribution in [2.75, 3.05) is 38.5 Å². The molecular weight excluding hydrogens is 308 g/mol. The topological polar surface area (TPSA) is 40.6 Å². The molecule has 0 aliphatic rings. The second-order valence-corrected chi connectivity index (χ2v) is 7.99. The molecule has 0 aliphatic heterocycles. The molecular formula is C18H32N2O2S. The molecule has 0 saturated heterocycles. The van der Waals surface area contributed by atoms with E-state index in [4.69, 9.17) is 0 Å². The first-order valence-electron chi connectivity index (χ1n) is 8.63. The lowest BCUT2D eigenvalue weighted by Crippen LogP contribution is -2.47. The zero-order valence-electron chi connectivity index (χ0n) is 15.2. The Kier molecular flexibility index (Phi) is 8.23. The van der Waals surface area contributed by atoms with Crippen LogP contribution in [0, 0.1) is 6.92 Å². The Bertz CT molecular complexity index is 547. The van der Waals surface area contributed by atoms with Crippen molar-refractivity contribution in [2.24, 2.45) is 0 Å². The van der Waals surface area contributed by atoms with Gasteiger partial charge >= 0.3 is 0 Å². The number of hydrogen-bond donors (Lipinski definition) is 0. The molecule has 0 fully saturated rings. The van der Waals surface area contributed by atoms with Gasteiger partial charge in [0, 0.05) is 12.6 Å². The molecule has 0 radical (unpaired) electrons. The third-order valence-electron chi connectivity index (χ3n) is 4.48. The molecule has 0 spiro atoms. The molecule has 5 heteroatoms. The van der Waals surface area contributed by atoms with Gasteiger partial charge in [0.2, 0.25) is 0 Å². The van der Waals surface area contributed by atoms with E-state index in [-0.39, 0.29) is 11.8 Å². The fourth-order valence-electron chi connectivity index (χ4n) is 2.89. The third-order valence-corrected chi connectivity index (χ3v) is 6.30. The first-order valence-corrected chi connectivity index (χ1v) is 10.3. The van der Waals surface area contributed by atoms with Crippen LogP contribution in [0.4, 0.5) is 0 Å². The maximum Gasteiger partial charge on any atom is 0.179 e. The van der Waals surface area contributed by atoms with Crippen LogP contribution in [0.3, 0.4) is 0 Å². The Morgan fingerprint density at radius 2 is 1.43 bits per heavy atom. The van der Waals surface area contributed by atoms with Crippen LogP contribution in [-0.2, 0) is 9.84 Å². The van der Waals surface area contributed by atoms with Gasteiger partial charge in [-0.3, -0.25) is 4.90 Å². The molecule has 0 saturated carbocycles. The van der Waals surface area contributed by atoms with Crippen LogP contribution < -0.4 is 0 Å². The van der Waals surface area contributed by atoms with Crippen LogP contribution in [0.25, 0.3) is 0 Å². The number of benzene rings is 1. The van der Waals surface area contributed by atoms with E-state index in [0.717, 1.165) is 38.3 Å². The SMILES string of the molecule is CCN(CC)CC(CS(=O)(=O)c1ccc(C)cc1)N(CC)CC. The molecule has 0 bridgehead atoms. The predicted molar refractivity (Wildman–Crippen MR) is 97.7 cm³/mol. The first-order chi connectivity index (χ1) is 10.9. The van der Waals surface area contributed by atoms with E-state index in [1.54, 1.807) is 12.1 Å². The maximum atomic E-state index is 12.8. The van der Waals surface area contributed by atoms with Crippen LogP contribution in [0.5, 0.6) is 0 Å². The first kappa shape index (κ1) is 20.1. The maximum absolute atomic E-state index is 12.8. The molecule has 1 atom stereocenters. The molecule has 0 amide bonds. The van der Waals surface area contributed by atoms with Gasteiger partial charge in [0.15, 0.2) is 9.84 Å². The summed E-state index contributed by atoms with van der Waals surface area (Å²) >= 11 is 0. The third kappa shape index (κ3) is 5.90. The molecule has 4 nitrogen and oxygen atoms in total. The molecule has 0 aliphatic carbocycles. The van der Waals surface area contributed by atoms with Gasteiger partial charge in [-0.1, -0.05) is 45.4 Å². The van der Waals surface area contributed by atoms with E-state index in [9.17, 15) is 8.42 Å². The number of sulfone groups is 1. The monoisotopic (exact) mass is 340 g/mol. The minimum atomic E-state index is -3.27. The number of aryl methyl sites for hydroxylation is 1. The molecule has 1 unspecified atom stereocenters. The Morgan fingerprint density at radius 1 is 0.913 bits per heavy atom. The van der Waals surface area contributed by atoms with Crippen molar-refractivity contribution in [3.8, 4) is 0 Å². The number of nitrogens with zero attached hydrogens (tertiary/aromatic N) is 2. The van der Waals surface area contributed by atoms with Crippen LogP contribution in [0.2, 0.25) is 0 Å². The Labute approximate surface area is 142 Å². The zero-order valence-corrected chi connectivity index (χ0v) is 16.1. The summed E-state index contributed by atoms with van der Waals surface area (Å²) in [6.07, 6.45) is 0. The summed E-state index contributed by atoms with van der Waals surface area (Å²) in [5, 5.41) is 0. The van der Waals surface area contributed by atoms with Gasteiger partial charge in [-0.25, -0.2) is 8.42 Å². The van der Waals surface area contributed by atoms with Crippen LogP contribution in [-0.4, -0.2) is 62.7 Å². The van der Waals surface area contributed by atoms with E-state index in [1.807, 2.05) is 19.1 Å². The van der Waals surface area contributed by atoms with Crippen molar-refractivity contribution in [1.82, 2.24) is 9.80 Å². The summed E-state index contributed by atoms with van der Waals surface area (Å²) in [7, 11) is -3.27. The van der Waals surface area contributed by atoms with E-state index in [2.05, 4.69) is 37.5 Å². The molecule has 0 aromatic heterocycles. The minimum absolute atomic E-state index is 0.0243. The van der Waals surface area contributed by atoms with Gasteiger partial charge < -0.3 is 4.90 Å². The summed E-state index contributed by atoms with van der Waals surface area (Å²) in [4.78, 5) is 4.98. The van der Waals surface area contributed by atoms with E-state index < -0.39 is 9.84 Å². The highest BCUT2D eigenvalue weighted by Crippen LogP contribution is 2.16. The van der Waals surface area contributed by atoms with Crippen molar-refractivity contribution in [2.45, 2.75) is 45.6 Å². The highest BCUT2D eigenvalue weighted by atomic mass is 32.2. The molecule has 1 rings (SSSR count). The minimum Gasteiger partial charge on any atom is -0.302 e. The van der Waals surface area contributed by atoms with Crippen molar-refractivity contribution in [3.05, 3.63) is 29.8 Å². The second kappa shape index (κ2) is 9.40.